The Labute approximate surface area is 218 Å². The molecule has 0 aliphatic heterocycles. The Balaban J connectivity index is 1.48. The number of thiazole rings is 1. The van der Waals surface area contributed by atoms with E-state index in [0.29, 0.717) is 21.7 Å². The van der Waals surface area contributed by atoms with Crippen molar-refractivity contribution < 1.29 is 26.7 Å². The van der Waals surface area contributed by atoms with Gasteiger partial charge in [0.05, 0.1) is 23.8 Å². The first-order chi connectivity index (χ1) is 17.9. The molecule has 7 nitrogen and oxygen atoms in total. The molecule has 1 fully saturated rings. The van der Waals surface area contributed by atoms with Crippen molar-refractivity contribution in [2.75, 3.05) is 0 Å². The second-order valence-electron chi connectivity index (χ2n) is 9.44. The number of nitrogens with one attached hydrogen (secondary N) is 1. The van der Waals surface area contributed by atoms with E-state index in [9.17, 15) is 26.7 Å². The van der Waals surface area contributed by atoms with E-state index in [1.54, 1.807) is 36.1 Å². The summed E-state index contributed by atoms with van der Waals surface area (Å²) < 4.78 is 67.6. The molecule has 4 aromatic rings. The highest BCUT2D eigenvalue weighted by atomic mass is 32.1. The van der Waals surface area contributed by atoms with Gasteiger partial charge in [-0.3, -0.25) is 9.48 Å². The Morgan fingerprint density at radius 3 is 2.39 bits per heavy atom. The van der Waals surface area contributed by atoms with Crippen LogP contribution in [0.15, 0.2) is 36.9 Å². The van der Waals surface area contributed by atoms with Crippen molar-refractivity contribution in [1.29, 1.82) is 0 Å². The van der Waals surface area contributed by atoms with Crippen LogP contribution in [0.25, 0.3) is 21.5 Å². The summed E-state index contributed by atoms with van der Waals surface area (Å²) in [5, 5.41) is 8.71. The zero-order valence-corrected chi connectivity index (χ0v) is 21.2. The van der Waals surface area contributed by atoms with Crippen LogP contribution in [0.3, 0.4) is 0 Å². The van der Waals surface area contributed by atoms with Crippen LogP contribution < -0.4 is 5.32 Å². The van der Waals surface area contributed by atoms with Crippen molar-refractivity contribution in [3.63, 3.8) is 0 Å². The van der Waals surface area contributed by atoms with Gasteiger partial charge in [-0.2, -0.15) is 18.3 Å². The number of nitrogens with zero attached hydrogens (tertiary/aromatic N) is 5. The normalized spacial score (nSPS) is 17.0. The lowest BCUT2D eigenvalue weighted by molar-refractivity contribution is -0.145. The molecular weight excluding hydrogens is 527 g/mol. The summed E-state index contributed by atoms with van der Waals surface area (Å²) in [5.74, 6) is -4.43. The molecule has 5 rings (SSSR count). The second-order valence-corrected chi connectivity index (χ2v) is 10.7. The van der Waals surface area contributed by atoms with Gasteiger partial charge in [0, 0.05) is 58.4 Å². The summed E-state index contributed by atoms with van der Waals surface area (Å²) >= 11 is 1.45. The monoisotopic (exact) mass is 550 g/mol. The lowest BCUT2D eigenvalue weighted by atomic mass is 9.92. The number of aryl methyl sites for hydroxylation is 1. The van der Waals surface area contributed by atoms with Crippen LogP contribution in [0.5, 0.6) is 0 Å². The average molecular weight is 551 g/mol. The highest BCUT2D eigenvalue weighted by Gasteiger charge is 2.36. The zero-order chi connectivity index (χ0) is 27.2. The molecular formula is C25H23F5N6OS. The maximum absolute atomic E-state index is 13.8. The number of benzene rings is 1. The number of halogens is 5. The van der Waals surface area contributed by atoms with E-state index in [4.69, 9.17) is 0 Å². The van der Waals surface area contributed by atoms with Gasteiger partial charge in [-0.05, 0) is 38.8 Å². The van der Waals surface area contributed by atoms with Crippen molar-refractivity contribution in [3.8, 4) is 10.6 Å². The molecule has 38 heavy (non-hydrogen) atoms. The molecule has 1 aromatic carbocycles. The van der Waals surface area contributed by atoms with E-state index in [1.807, 2.05) is 6.92 Å². The summed E-state index contributed by atoms with van der Waals surface area (Å²) in [6.45, 7) is 3.52. The van der Waals surface area contributed by atoms with Crippen molar-refractivity contribution in [2.24, 2.45) is 0 Å². The van der Waals surface area contributed by atoms with Gasteiger partial charge in [0.25, 0.3) is 5.91 Å². The first kappa shape index (κ1) is 26.1. The molecule has 1 amide bonds. The Bertz CT molecular complexity index is 1470. The van der Waals surface area contributed by atoms with Crippen LogP contribution in [0.2, 0.25) is 0 Å². The molecule has 1 atom stereocenters. The number of hydrogen-bond acceptors (Lipinski definition) is 6. The molecule has 200 valence electrons. The van der Waals surface area contributed by atoms with Gasteiger partial charge in [0.15, 0.2) is 0 Å². The van der Waals surface area contributed by atoms with Crippen LogP contribution in [-0.4, -0.2) is 36.6 Å². The minimum atomic E-state index is -4.66. The molecule has 1 aliphatic carbocycles. The first-order valence-corrected chi connectivity index (χ1v) is 12.7. The highest BCUT2D eigenvalue weighted by Crippen LogP contribution is 2.41. The van der Waals surface area contributed by atoms with Crippen molar-refractivity contribution in [1.82, 2.24) is 30.0 Å². The topological polar surface area (TPSA) is 85.6 Å². The number of aromatic nitrogens is 5. The standard InChI is InChI=1S/C25H23F5N6OS/c1-13-9-31-22(38-13)18-7-15(21(37)35-14(2)16-10-32-23(33-11-16)25(28,29)30)8-20-19(18)12-34-36(20)17-3-5-24(26,27)6-4-17/h7-12,14,17H,3-6H2,1-2H3,(H,35,37)/t14-/m1/s1. The van der Waals surface area contributed by atoms with Gasteiger partial charge in [-0.1, -0.05) is 0 Å². The molecule has 1 aliphatic rings. The quantitative estimate of drug-likeness (QED) is 0.286. The van der Waals surface area contributed by atoms with Gasteiger partial charge in [0.1, 0.15) is 5.01 Å². The second kappa shape index (κ2) is 9.68. The highest BCUT2D eigenvalue weighted by molar-refractivity contribution is 7.15. The van der Waals surface area contributed by atoms with Gasteiger partial charge in [-0.25, -0.2) is 23.7 Å². The van der Waals surface area contributed by atoms with Crippen LogP contribution in [0, 0.1) is 6.92 Å². The molecule has 0 radical (unpaired) electrons. The van der Waals surface area contributed by atoms with Crippen LogP contribution in [0.4, 0.5) is 22.0 Å². The predicted molar refractivity (Wildman–Crippen MR) is 131 cm³/mol. The molecule has 3 aromatic heterocycles. The van der Waals surface area contributed by atoms with Crippen LogP contribution in [0.1, 0.15) is 71.3 Å². The summed E-state index contributed by atoms with van der Waals surface area (Å²) in [6, 6.07) is 2.42. The summed E-state index contributed by atoms with van der Waals surface area (Å²) in [7, 11) is 0. The molecule has 3 heterocycles. The van der Waals surface area contributed by atoms with Gasteiger partial charge >= 0.3 is 6.18 Å². The van der Waals surface area contributed by atoms with Gasteiger partial charge < -0.3 is 5.32 Å². The van der Waals surface area contributed by atoms with E-state index in [0.717, 1.165) is 22.7 Å². The fraction of sp³-hybridized carbons (Fsp3) is 0.400. The minimum Gasteiger partial charge on any atom is -0.345 e. The fourth-order valence-electron chi connectivity index (χ4n) is 4.56. The van der Waals surface area contributed by atoms with E-state index in [-0.39, 0.29) is 37.3 Å². The Hall–Kier alpha value is -3.48. The van der Waals surface area contributed by atoms with Gasteiger partial charge in [0.2, 0.25) is 11.7 Å². The number of rotatable bonds is 5. The van der Waals surface area contributed by atoms with E-state index < -0.39 is 29.9 Å². The maximum atomic E-state index is 13.8. The van der Waals surface area contributed by atoms with Crippen molar-refractivity contribution in [2.45, 2.75) is 63.7 Å². The number of carbonyl (C=O) groups is 1. The van der Waals surface area contributed by atoms with E-state index in [2.05, 4.69) is 25.4 Å². The van der Waals surface area contributed by atoms with Crippen LogP contribution >= 0.6 is 11.3 Å². The molecule has 1 saturated carbocycles. The Kier molecular flexibility index (Phi) is 6.66. The largest absolute Gasteiger partial charge is 0.451 e. The number of alkyl halides is 5. The molecule has 0 bridgehead atoms. The average Bonchev–Trinajstić information content (AvgIpc) is 3.49. The third-order valence-corrected chi connectivity index (χ3v) is 7.58. The van der Waals surface area contributed by atoms with E-state index >= 15 is 0 Å². The Morgan fingerprint density at radius 1 is 1.11 bits per heavy atom. The SMILES string of the molecule is Cc1cnc(-c2cc(C(=O)N[C@H](C)c3cnc(C(F)(F)F)nc3)cc3c2cnn3C2CCC(F)(F)CC2)s1. The lowest BCUT2D eigenvalue weighted by Crippen LogP contribution is -2.28. The molecule has 0 saturated heterocycles. The number of fused-ring (bicyclic) bond motifs is 1. The first-order valence-electron chi connectivity index (χ1n) is 11.9. The van der Waals surface area contributed by atoms with Crippen LogP contribution in [-0.2, 0) is 6.18 Å². The zero-order valence-electron chi connectivity index (χ0n) is 20.4. The smallest absolute Gasteiger partial charge is 0.345 e. The molecule has 13 heteroatoms. The van der Waals surface area contributed by atoms with Crippen molar-refractivity contribution >= 4 is 28.1 Å². The number of hydrogen-bond donors (Lipinski definition) is 1. The third kappa shape index (κ3) is 5.24. The van der Waals surface area contributed by atoms with Crippen molar-refractivity contribution in [3.05, 3.63) is 58.7 Å². The fourth-order valence-corrected chi connectivity index (χ4v) is 5.36. The summed E-state index contributed by atoms with van der Waals surface area (Å²) in [4.78, 5) is 25.4. The molecule has 1 N–H and O–H groups in total. The lowest BCUT2D eigenvalue weighted by Gasteiger charge is -2.28. The minimum absolute atomic E-state index is 0.232. The number of amides is 1. The number of carbonyl (C=O) groups excluding carboxylic acids is 1. The summed E-state index contributed by atoms with van der Waals surface area (Å²) in [6.07, 6.45) is 0.838. The summed E-state index contributed by atoms with van der Waals surface area (Å²) in [5.41, 5.74) is 1.89. The predicted octanol–water partition coefficient (Wildman–Crippen LogP) is 6.52. The van der Waals surface area contributed by atoms with Gasteiger partial charge in [-0.15, -0.1) is 11.3 Å². The maximum Gasteiger partial charge on any atom is 0.451 e. The molecule has 0 unspecified atom stereocenters. The third-order valence-electron chi connectivity index (χ3n) is 6.64. The Morgan fingerprint density at radius 2 is 1.79 bits per heavy atom. The van der Waals surface area contributed by atoms with E-state index in [1.165, 1.54) is 11.3 Å². The molecule has 0 spiro atoms.